The molecule has 0 heterocycles. The number of alkyl halides is 11. The van der Waals surface area contributed by atoms with E-state index in [0.717, 1.165) is 0 Å². The van der Waals surface area contributed by atoms with Gasteiger partial charge in [0.25, 0.3) is 0 Å². The Kier molecular flexibility index (Phi) is 4.52. The van der Waals surface area contributed by atoms with Gasteiger partial charge in [0, 0.05) is 0 Å². The van der Waals surface area contributed by atoms with Gasteiger partial charge >= 0.3 is 93.0 Å². The van der Waals surface area contributed by atoms with Crippen LogP contribution in [0.5, 0.6) is 0 Å². The van der Waals surface area contributed by atoms with Crippen molar-refractivity contribution in [3.8, 4) is 0 Å². The molecule has 0 N–H and O–H groups in total. The third-order valence-electron chi connectivity index (χ3n) is 1.05. The summed E-state index contributed by atoms with van der Waals surface area (Å²) in [6.45, 7) is 0. The average molecular weight is 400 g/mol. The van der Waals surface area contributed by atoms with Crippen LogP contribution >= 0.6 is 20.8 Å². The summed E-state index contributed by atoms with van der Waals surface area (Å²) in [5.41, 5.74) is 0. The maximum atomic E-state index is 12.1. The monoisotopic (exact) mass is 400 g/mol. The molecule has 0 aliphatic rings. The molecule has 0 rings (SSSR count). The number of hydrogen-bond donors (Lipinski definition) is 0. The summed E-state index contributed by atoms with van der Waals surface area (Å²) in [7, 11) is 0. The number of hydrogen-bond acceptors (Lipinski definition) is 1. The molecule has 0 aromatic rings. The van der Waals surface area contributed by atoms with Gasteiger partial charge < -0.3 is 0 Å². The quantitative estimate of drug-likeness (QED) is 0.382. The van der Waals surface area contributed by atoms with E-state index in [4.69, 9.17) is 0 Å². The van der Waals surface area contributed by atoms with Crippen molar-refractivity contribution in [2.24, 2.45) is 0 Å². The third kappa shape index (κ3) is 3.69. The van der Waals surface area contributed by atoms with Crippen LogP contribution in [0.2, 0.25) is 0 Å². The van der Waals surface area contributed by atoms with Crippen molar-refractivity contribution in [1.82, 2.24) is 0 Å². The van der Waals surface area contributed by atoms with Crippen molar-refractivity contribution < 1.29 is 49.8 Å². The van der Waals surface area contributed by atoms with E-state index in [1.165, 1.54) is 0 Å². The topological polar surface area (TPSA) is 9.23 Å². The minimum atomic E-state index is -6.92. The zero-order valence-electron chi connectivity index (χ0n) is 6.94. The third-order valence-corrected chi connectivity index (χ3v) is 2.96. The molecule has 0 fully saturated rings. The van der Waals surface area contributed by atoms with Crippen LogP contribution in [0.4, 0.5) is 46.8 Å². The Labute approximate surface area is 93.6 Å². The molecule has 17 heavy (non-hydrogen) atoms. The van der Waals surface area contributed by atoms with Gasteiger partial charge in [0.15, 0.2) is 0 Å². The molecule has 0 aliphatic carbocycles. The van der Waals surface area contributed by atoms with Crippen LogP contribution in [0.15, 0.2) is 0 Å². The molecule has 106 valence electrons. The second-order valence-corrected chi connectivity index (χ2v) is 5.15. The van der Waals surface area contributed by atoms with Gasteiger partial charge in [0.05, 0.1) is 0 Å². The van der Waals surface area contributed by atoms with Crippen LogP contribution in [0, 0.1) is 0 Å². The van der Waals surface area contributed by atoms with E-state index >= 15 is 0 Å². The summed E-state index contributed by atoms with van der Waals surface area (Å²) in [5.74, 6) is -6.92. The standard InChI is InChI=1S/C4F11IO/c5-1(6,2(7,8)9)3(10,11)17-16(15)4(12,13)14. The molecule has 0 bridgehead atoms. The predicted molar refractivity (Wildman–Crippen MR) is 38.2 cm³/mol. The Morgan fingerprint density at radius 2 is 1.06 bits per heavy atom. The first-order chi connectivity index (χ1) is 7.13. The van der Waals surface area contributed by atoms with Gasteiger partial charge in [-0.15, -0.1) is 0 Å². The molecule has 0 spiro atoms. The molecule has 0 radical (unpaired) electrons. The van der Waals surface area contributed by atoms with E-state index in [2.05, 4.69) is 0 Å². The Balaban J connectivity index is 5.04. The summed E-state index contributed by atoms with van der Waals surface area (Å²) in [6, 6.07) is 0. The summed E-state index contributed by atoms with van der Waals surface area (Å²) >= 11 is -6.60. The molecule has 0 saturated heterocycles. The van der Waals surface area contributed by atoms with Crippen LogP contribution in [0.25, 0.3) is 0 Å². The van der Waals surface area contributed by atoms with Gasteiger partial charge in [-0.1, -0.05) is 0 Å². The zero-order chi connectivity index (χ0) is 14.3. The molecule has 0 saturated carbocycles. The SMILES string of the molecule is FI(OC(F)(F)C(F)(F)C(F)(F)F)C(F)(F)F. The van der Waals surface area contributed by atoms with Gasteiger partial charge in [-0.25, -0.2) is 0 Å². The molecule has 0 aromatic heterocycles. The average Bonchev–Trinajstić information content (AvgIpc) is 1.98. The minimum absolute atomic E-state index is 1.96. The van der Waals surface area contributed by atoms with Gasteiger partial charge in [-0.2, -0.15) is 0 Å². The molecular formula is C4F11IO. The van der Waals surface area contributed by atoms with E-state index in [1.54, 1.807) is 0 Å². The first-order valence-electron chi connectivity index (χ1n) is 3.08. The van der Waals surface area contributed by atoms with Crippen LogP contribution in [-0.4, -0.2) is 22.4 Å². The maximum absolute atomic E-state index is 12.1. The van der Waals surface area contributed by atoms with Crippen LogP contribution in [0.1, 0.15) is 0 Å². The van der Waals surface area contributed by atoms with Gasteiger partial charge in [0.2, 0.25) is 0 Å². The Morgan fingerprint density at radius 3 is 1.29 bits per heavy atom. The van der Waals surface area contributed by atoms with E-state index in [1.807, 2.05) is 3.07 Å². The normalized spacial score (nSPS) is 16.1. The second kappa shape index (κ2) is 4.55. The molecule has 0 amide bonds. The van der Waals surface area contributed by atoms with Crippen molar-refractivity contribution in [2.75, 3.05) is 0 Å². The first kappa shape index (κ1) is 16.9. The number of rotatable bonds is 3. The molecule has 1 nitrogen and oxygen atoms in total. The Morgan fingerprint density at radius 1 is 0.706 bits per heavy atom. The van der Waals surface area contributed by atoms with Crippen molar-refractivity contribution in [2.45, 2.75) is 22.4 Å². The Bertz CT molecular complexity index is 266. The fourth-order valence-electron chi connectivity index (χ4n) is 0.342. The fourth-order valence-corrected chi connectivity index (χ4v) is 1.35. The van der Waals surface area contributed by atoms with Crippen LogP contribution < -0.4 is 0 Å². The molecular weight excluding hydrogens is 400 g/mol. The number of halogens is 12. The summed E-state index contributed by atoms with van der Waals surface area (Å²) in [6.07, 6.45) is -13.5. The second-order valence-electron chi connectivity index (χ2n) is 2.30. The van der Waals surface area contributed by atoms with Gasteiger partial charge in [-0.3, -0.25) is 0 Å². The molecule has 0 unspecified atom stereocenters. The van der Waals surface area contributed by atoms with E-state index in [-0.39, 0.29) is 0 Å². The van der Waals surface area contributed by atoms with Crippen molar-refractivity contribution in [1.29, 1.82) is 0 Å². The van der Waals surface area contributed by atoms with Crippen LogP contribution in [0.3, 0.4) is 0 Å². The Hall–Kier alpha value is -0.0800. The van der Waals surface area contributed by atoms with Crippen molar-refractivity contribution in [3.63, 3.8) is 0 Å². The van der Waals surface area contributed by atoms with Gasteiger partial charge in [0.1, 0.15) is 0 Å². The predicted octanol–water partition coefficient (Wildman–Crippen LogP) is 4.62. The van der Waals surface area contributed by atoms with Crippen LogP contribution in [-0.2, 0) is 3.07 Å². The molecule has 13 heteroatoms. The van der Waals surface area contributed by atoms with Gasteiger partial charge in [-0.05, 0) is 0 Å². The summed E-state index contributed by atoms with van der Waals surface area (Å²) in [4.78, 5) is 0. The van der Waals surface area contributed by atoms with E-state index < -0.39 is 43.2 Å². The first-order valence-corrected chi connectivity index (χ1v) is 5.86. The molecule has 0 atom stereocenters. The zero-order valence-corrected chi connectivity index (χ0v) is 9.10. The van der Waals surface area contributed by atoms with Crippen molar-refractivity contribution >= 4 is 20.8 Å². The molecule has 0 aromatic carbocycles. The summed E-state index contributed by atoms with van der Waals surface area (Å²) in [5, 5.41) is 0. The van der Waals surface area contributed by atoms with E-state index in [0.29, 0.717) is 0 Å². The summed E-state index contributed by atoms with van der Waals surface area (Å²) < 4.78 is 124. The molecule has 0 aliphatic heterocycles. The van der Waals surface area contributed by atoms with E-state index in [9.17, 15) is 46.8 Å². The van der Waals surface area contributed by atoms with Crippen molar-refractivity contribution in [3.05, 3.63) is 0 Å². The fraction of sp³-hybridized carbons (Fsp3) is 1.00.